The van der Waals surface area contributed by atoms with E-state index in [2.05, 4.69) is 20.6 Å². The van der Waals surface area contributed by atoms with Crippen LogP contribution in [0.4, 0.5) is 14.5 Å². The third-order valence-corrected chi connectivity index (χ3v) is 7.07. The Labute approximate surface area is 239 Å². The Morgan fingerprint density at radius 2 is 1.95 bits per heavy atom. The molecule has 0 radical (unpaired) electrons. The first-order valence-electron chi connectivity index (χ1n) is 12.9. The number of nitrogens with zero attached hydrogens (tertiary/aromatic N) is 1. The number of pyridine rings is 1. The second-order valence-electron chi connectivity index (χ2n) is 9.56. The minimum Gasteiger partial charge on any atom is -0.493 e. The Kier molecular flexibility index (Phi) is 8.36. The van der Waals surface area contributed by atoms with Gasteiger partial charge in [0.25, 0.3) is 0 Å². The van der Waals surface area contributed by atoms with Crippen LogP contribution in [0.3, 0.4) is 0 Å². The third kappa shape index (κ3) is 6.10. The first-order chi connectivity index (χ1) is 19.7. The predicted octanol–water partition coefficient (Wildman–Crippen LogP) is 5.62. The van der Waals surface area contributed by atoms with Gasteiger partial charge in [-0.3, -0.25) is 9.59 Å². The number of carbonyl (C=O) groups excluding carboxylic acids is 2. The van der Waals surface area contributed by atoms with Crippen molar-refractivity contribution in [1.82, 2.24) is 15.3 Å². The lowest BCUT2D eigenvalue weighted by molar-refractivity contribution is -0.119. The van der Waals surface area contributed by atoms with E-state index in [4.69, 9.17) is 25.8 Å². The fraction of sp³-hybridized carbons (Fsp3) is 0.276. The molecule has 1 saturated heterocycles. The van der Waals surface area contributed by atoms with E-state index in [1.54, 1.807) is 12.4 Å². The number of aromatic nitrogens is 2. The van der Waals surface area contributed by atoms with Gasteiger partial charge in [0.05, 0.1) is 47.7 Å². The summed E-state index contributed by atoms with van der Waals surface area (Å²) in [5.74, 6) is -2.31. The fourth-order valence-electron chi connectivity index (χ4n) is 4.68. The van der Waals surface area contributed by atoms with Gasteiger partial charge in [0.2, 0.25) is 5.91 Å². The van der Waals surface area contributed by atoms with Crippen molar-refractivity contribution in [2.75, 3.05) is 25.6 Å². The number of H-pyrrole nitrogens is 1. The van der Waals surface area contributed by atoms with Crippen LogP contribution in [-0.4, -0.2) is 54.1 Å². The first-order valence-corrected chi connectivity index (χ1v) is 13.3. The molecule has 0 aliphatic carbocycles. The number of aromatic amines is 1. The number of hydrogen-bond acceptors (Lipinski definition) is 7. The predicted molar refractivity (Wildman–Crippen MR) is 149 cm³/mol. The Morgan fingerprint density at radius 1 is 1.17 bits per heavy atom. The van der Waals surface area contributed by atoms with Crippen molar-refractivity contribution in [2.45, 2.75) is 31.9 Å². The monoisotopic (exact) mass is 584 g/mol. The molecule has 1 amide bonds. The van der Waals surface area contributed by atoms with Crippen LogP contribution in [0.15, 0.2) is 48.8 Å². The highest BCUT2D eigenvalue weighted by Crippen LogP contribution is 2.37. The Bertz CT molecular complexity index is 1580. The van der Waals surface area contributed by atoms with Gasteiger partial charge in [-0.15, -0.1) is 0 Å². The summed E-state index contributed by atoms with van der Waals surface area (Å²) < 4.78 is 44.9. The average Bonchev–Trinajstić information content (AvgIpc) is 3.39. The molecule has 9 nitrogen and oxygen atoms in total. The van der Waals surface area contributed by atoms with Gasteiger partial charge in [-0.05, 0) is 37.1 Å². The van der Waals surface area contributed by atoms with Gasteiger partial charge in [-0.25, -0.2) is 13.8 Å². The standard InChI is InChI=1S/C29H27ClF2N4O5/c1-15(37)33-11-18-7-6-16(14-40-18)36-26-24(39-2)13-35-29-25(26)20(12-34-29)27(38)19-9-8-17(10-21(19)30)41-28-22(31)4-3-5-23(28)32/h3-5,8-10,12-13,16,18H,6-7,11,14H2,1-2H3,(H,33,37)(H2,34,35,36)/t16-,18+/m1/s1. The summed E-state index contributed by atoms with van der Waals surface area (Å²) in [6.45, 7) is 2.30. The highest BCUT2D eigenvalue weighted by atomic mass is 35.5. The van der Waals surface area contributed by atoms with E-state index in [1.165, 1.54) is 38.3 Å². The van der Waals surface area contributed by atoms with Gasteiger partial charge in [-0.1, -0.05) is 17.7 Å². The van der Waals surface area contributed by atoms with Gasteiger partial charge in [0.15, 0.2) is 28.9 Å². The van der Waals surface area contributed by atoms with Crippen LogP contribution in [0.25, 0.3) is 11.0 Å². The van der Waals surface area contributed by atoms with Gasteiger partial charge < -0.3 is 29.8 Å². The van der Waals surface area contributed by atoms with E-state index in [0.717, 1.165) is 25.0 Å². The van der Waals surface area contributed by atoms with Crippen molar-refractivity contribution in [3.8, 4) is 17.2 Å². The summed E-state index contributed by atoms with van der Waals surface area (Å²) in [6.07, 6.45) is 4.51. The van der Waals surface area contributed by atoms with Crippen molar-refractivity contribution in [2.24, 2.45) is 0 Å². The number of nitrogens with one attached hydrogen (secondary N) is 3. The number of amides is 1. The lowest BCUT2D eigenvalue weighted by atomic mass is 10.0. The maximum atomic E-state index is 14.0. The second kappa shape index (κ2) is 12.1. The number of rotatable bonds is 9. The molecule has 0 unspecified atom stereocenters. The third-order valence-electron chi connectivity index (χ3n) is 6.75. The number of methoxy groups -OCH3 is 1. The topological polar surface area (TPSA) is 115 Å². The molecule has 2 atom stereocenters. The molecule has 4 aromatic rings. The van der Waals surface area contributed by atoms with Crippen LogP contribution in [0.1, 0.15) is 35.7 Å². The largest absolute Gasteiger partial charge is 0.493 e. The van der Waals surface area contributed by atoms with Gasteiger partial charge in [-0.2, -0.15) is 0 Å². The molecule has 1 aliphatic rings. The number of benzene rings is 2. The van der Waals surface area contributed by atoms with Crippen LogP contribution < -0.4 is 20.1 Å². The number of hydrogen-bond donors (Lipinski definition) is 3. The number of ketones is 1. The van der Waals surface area contributed by atoms with Crippen molar-refractivity contribution in [1.29, 1.82) is 0 Å². The molecule has 0 saturated carbocycles. The van der Waals surface area contributed by atoms with E-state index >= 15 is 0 Å². The number of fused-ring (bicyclic) bond motifs is 1. The highest BCUT2D eigenvalue weighted by Gasteiger charge is 2.27. The van der Waals surface area contributed by atoms with Crippen LogP contribution in [0.5, 0.6) is 17.2 Å². The number of ether oxygens (including phenoxy) is 3. The normalized spacial score (nSPS) is 16.8. The molecule has 1 fully saturated rings. The summed E-state index contributed by atoms with van der Waals surface area (Å²) in [5, 5.41) is 6.77. The second-order valence-corrected chi connectivity index (χ2v) is 9.97. The maximum absolute atomic E-state index is 14.0. The summed E-state index contributed by atoms with van der Waals surface area (Å²) in [5.41, 5.74) is 1.49. The number of anilines is 1. The average molecular weight is 585 g/mol. The fourth-order valence-corrected chi connectivity index (χ4v) is 4.94. The van der Waals surface area contributed by atoms with E-state index < -0.39 is 23.2 Å². The molecule has 3 N–H and O–H groups in total. The quantitative estimate of drug-likeness (QED) is 0.219. The van der Waals surface area contributed by atoms with E-state index in [-0.39, 0.29) is 34.4 Å². The summed E-state index contributed by atoms with van der Waals surface area (Å²) in [7, 11) is 1.51. The van der Waals surface area contributed by atoms with Crippen molar-refractivity contribution >= 4 is 40.0 Å². The molecular weight excluding hydrogens is 558 g/mol. The SMILES string of the molecule is COc1cnc2[nH]cc(C(=O)c3ccc(Oc4c(F)cccc4F)cc3Cl)c2c1N[C@@H]1CC[C@@H](CNC(C)=O)OC1. The lowest BCUT2D eigenvalue weighted by Gasteiger charge is -2.30. The molecule has 0 spiro atoms. The van der Waals surface area contributed by atoms with Gasteiger partial charge in [0, 0.05) is 37.3 Å². The number of carbonyl (C=O) groups is 2. The van der Waals surface area contributed by atoms with Crippen molar-refractivity contribution in [3.63, 3.8) is 0 Å². The van der Waals surface area contributed by atoms with Crippen molar-refractivity contribution in [3.05, 3.63) is 76.6 Å². The molecule has 2 aromatic heterocycles. The number of para-hydroxylation sites is 1. The van der Waals surface area contributed by atoms with Crippen LogP contribution in [0, 0.1) is 11.6 Å². The minimum atomic E-state index is -0.867. The first kappa shape index (κ1) is 28.3. The number of halogens is 3. The zero-order valence-corrected chi connectivity index (χ0v) is 23.0. The zero-order chi connectivity index (χ0) is 29.1. The Morgan fingerprint density at radius 3 is 2.61 bits per heavy atom. The molecule has 2 aromatic carbocycles. The highest BCUT2D eigenvalue weighted by molar-refractivity contribution is 6.36. The zero-order valence-electron chi connectivity index (χ0n) is 22.2. The van der Waals surface area contributed by atoms with Gasteiger partial charge in [0.1, 0.15) is 11.4 Å². The van der Waals surface area contributed by atoms with Crippen molar-refractivity contribution < 1.29 is 32.6 Å². The molecule has 12 heteroatoms. The molecule has 5 rings (SSSR count). The van der Waals surface area contributed by atoms with Gasteiger partial charge >= 0.3 is 0 Å². The Balaban J connectivity index is 1.40. The molecule has 3 heterocycles. The molecule has 214 valence electrons. The van der Waals surface area contributed by atoms with Crippen LogP contribution in [-0.2, 0) is 9.53 Å². The summed E-state index contributed by atoms with van der Waals surface area (Å²) in [6, 6.07) is 7.46. The minimum absolute atomic E-state index is 0.0369. The van der Waals surface area contributed by atoms with Crippen LogP contribution in [0.2, 0.25) is 5.02 Å². The molecule has 1 aliphatic heterocycles. The lowest BCUT2D eigenvalue weighted by Crippen LogP contribution is -2.40. The van der Waals surface area contributed by atoms with E-state index in [1.807, 2.05) is 0 Å². The smallest absolute Gasteiger partial charge is 0.216 e. The Hall–Kier alpha value is -4.22. The van der Waals surface area contributed by atoms with E-state index in [0.29, 0.717) is 41.2 Å². The van der Waals surface area contributed by atoms with E-state index in [9.17, 15) is 18.4 Å². The molecular formula is C29H27ClF2N4O5. The molecule has 41 heavy (non-hydrogen) atoms. The summed E-state index contributed by atoms with van der Waals surface area (Å²) >= 11 is 6.45. The van der Waals surface area contributed by atoms with Crippen LogP contribution >= 0.6 is 11.6 Å². The summed E-state index contributed by atoms with van der Waals surface area (Å²) in [4.78, 5) is 32.3. The maximum Gasteiger partial charge on any atom is 0.216 e. The molecule has 0 bridgehead atoms.